The van der Waals surface area contributed by atoms with Gasteiger partial charge >= 0.3 is 0 Å². The number of rotatable bonds is 3. The molecule has 1 fully saturated rings. The predicted molar refractivity (Wildman–Crippen MR) is 65.6 cm³/mol. The molecule has 1 aliphatic rings. The van der Waals surface area contributed by atoms with Crippen molar-refractivity contribution in [3.05, 3.63) is 30.1 Å². The number of nitrogens with zero attached hydrogens (tertiary/aromatic N) is 2. The van der Waals surface area contributed by atoms with E-state index in [1.807, 2.05) is 0 Å². The van der Waals surface area contributed by atoms with Gasteiger partial charge in [0.2, 0.25) is 10.0 Å². The highest BCUT2D eigenvalue weighted by Gasteiger charge is 2.27. The van der Waals surface area contributed by atoms with Crippen LogP contribution < -0.4 is 5.73 Å². The fourth-order valence-electron chi connectivity index (χ4n) is 1.99. The average Bonchev–Trinajstić information content (AvgIpc) is 2.30. The van der Waals surface area contributed by atoms with Crippen LogP contribution in [0.15, 0.2) is 24.4 Å². The number of nitrogens with two attached hydrogens (primary N) is 1. The molecule has 1 saturated heterocycles. The highest BCUT2D eigenvalue weighted by atomic mass is 32.2. The summed E-state index contributed by atoms with van der Waals surface area (Å²) < 4.78 is 25.7. The molecule has 1 atom stereocenters. The van der Waals surface area contributed by atoms with Gasteiger partial charge in [0.1, 0.15) is 5.75 Å². The second-order valence-corrected chi connectivity index (χ2v) is 6.31. The molecule has 0 aromatic carbocycles. The first-order valence-electron chi connectivity index (χ1n) is 5.71. The lowest BCUT2D eigenvalue weighted by Gasteiger charge is -2.29. The monoisotopic (exact) mass is 255 g/mol. The largest absolute Gasteiger partial charge is 0.327 e. The van der Waals surface area contributed by atoms with Gasteiger partial charge in [-0.05, 0) is 25.0 Å². The van der Waals surface area contributed by atoms with Gasteiger partial charge in [0.25, 0.3) is 0 Å². The average molecular weight is 255 g/mol. The van der Waals surface area contributed by atoms with E-state index in [0.29, 0.717) is 18.8 Å². The van der Waals surface area contributed by atoms with Gasteiger partial charge in [-0.2, -0.15) is 0 Å². The molecule has 5 nitrogen and oxygen atoms in total. The molecular formula is C11H17N3O2S. The Kier molecular flexibility index (Phi) is 3.76. The van der Waals surface area contributed by atoms with Crippen molar-refractivity contribution in [2.75, 3.05) is 13.1 Å². The van der Waals surface area contributed by atoms with Crippen molar-refractivity contribution in [2.24, 2.45) is 5.73 Å². The molecule has 0 unspecified atom stereocenters. The first-order chi connectivity index (χ1) is 8.08. The molecule has 2 heterocycles. The van der Waals surface area contributed by atoms with Gasteiger partial charge in [0.05, 0.1) is 5.69 Å². The third kappa shape index (κ3) is 3.24. The van der Waals surface area contributed by atoms with Crippen LogP contribution in [0.1, 0.15) is 18.5 Å². The van der Waals surface area contributed by atoms with E-state index in [2.05, 4.69) is 4.98 Å². The van der Waals surface area contributed by atoms with Crippen LogP contribution in [0, 0.1) is 0 Å². The second kappa shape index (κ2) is 5.12. The molecule has 0 radical (unpaired) electrons. The summed E-state index contributed by atoms with van der Waals surface area (Å²) in [6, 6.07) is 5.25. The third-order valence-electron chi connectivity index (χ3n) is 2.87. The van der Waals surface area contributed by atoms with Gasteiger partial charge in [-0.1, -0.05) is 6.07 Å². The van der Waals surface area contributed by atoms with E-state index in [-0.39, 0.29) is 11.8 Å². The van der Waals surface area contributed by atoms with Crippen LogP contribution >= 0.6 is 0 Å². The number of hydrogen-bond donors (Lipinski definition) is 1. The lowest BCUT2D eigenvalue weighted by molar-refractivity contribution is 0.315. The van der Waals surface area contributed by atoms with Crippen molar-refractivity contribution in [1.29, 1.82) is 0 Å². The van der Waals surface area contributed by atoms with Gasteiger partial charge in [0, 0.05) is 25.3 Å². The SMILES string of the molecule is N[C@H]1CCCN(S(=O)(=O)Cc2ccccn2)C1. The summed E-state index contributed by atoms with van der Waals surface area (Å²) in [6.07, 6.45) is 3.34. The van der Waals surface area contributed by atoms with Crippen LogP contribution in [-0.4, -0.2) is 36.8 Å². The molecule has 6 heteroatoms. The fraction of sp³-hybridized carbons (Fsp3) is 0.545. The Balaban J connectivity index is 2.08. The lowest BCUT2D eigenvalue weighted by atomic mass is 10.1. The van der Waals surface area contributed by atoms with Crippen molar-refractivity contribution in [3.63, 3.8) is 0 Å². The summed E-state index contributed by atoms with van der Waals surface area (Å²) in [6.45, 7) is 0.998. The molecule has 1 aromatic rings. The maximum atomic E-state index is 12.1. The van der Waals surface area contributed by atoms with Crippen molar-refractivity contribution < 1.29 is 8.42 Å². The Morgan fingerprint density at radius 3 is 2.94 bits per heavy atom. The Hall–Kier alpha value is -0.980. The molecule has 0 saturated carbocycles. The third-order valence-corrected chi connectivity index (χ3v) is 4.65. The summed E-state index contributed by atoms with van der Waals surface area (Å²) in [4.78, 5) is 4.04. The van der Waals surface area contributed by atoms with Crippen molar-refractivity contribution >= 4 is 10.0 Å². The maximum absolute atomic E-state index is 12.1. The van der Waals surface area contributed by atoms with Crippen LogP contribution in [0.3, 0.4) is 0 Å². The number of pyridine rings is 1. The van der Waals surface area contributed by atoms with Gasteiger partial charge < -0.3 is 5.73 Å². The zero-order chi connectivity index (χ0) is 12.3. The van der Waals surface area contributed by atoms with Crippen LogP contribution in [0.5, 0.6) is 0 Å². The van der Waals surface area contributed by atoms with Gasteiger partial charge in [-0.3, -0.25) is 4.98 Å². The second-order valence-electron chi connectivity index (χ2n) is 4.34. The predicted octanol–water partition coefficient (Wildman–Crippen LogP) is 0.334. The van der Waals surface area contributed by atoms with E-state index in [4.69, 9.17) is 5.73 Å². The highest BCUT2D eigenvalue weighted by Crippen LogP contribution is 2.15. The highest BCUT2D eigenvalue weighted by molar-refractivity contribution is 7.88. The quantitative estimate of drug-likeness (QED) is 0.844. The van der Waals surface area contributed by atoms with Crippen molar-refractivity contribution in [3.8, 4) is 0 Å². The minimum absolute atomic E-state index is 0.0396. The number of piperidine rings is 1. The van der Waals surface area contributed by atoms with E-state index in [1.54, 1.807) is 24.4 Å². The molecular weight excluding hydrogens is 238 g/mol. The van der Waals surface area contributed by atoms with E-state index < -0.39 is 10.0 Å². The molecule has 1 aliphatic heterocycles. The molecule has 1 aromatic heterocycles. The number of hydrogen-bond acceptors (Lipinski definition) is 4. The zero-order valence-corrected chi connectivity index (χ0v) is 10.4. The van der Waals surface area contributed by atoms with Gasteiger partial charge in [-0.15, -0.1) is 0 Å². The summed E-state index contributed by atoms with van der Waals surface area (Å²) >= 11 is 0. The zero-order valence-electron chi connectivity index (χ0n) is 9.62. The van der Waals surface area contributed by atoms with E-state index in [1.165, 1.54) is 4.31 Å². The van der Waals surface area contributed by atoms with E-state index >= 15 is 0 Å². The topological polar surface area (TPSA) is 76.3 Å². The van der Waals surface area contributed by atoms with Crippen LogP contribution in [0.4, 0.5) is 0 Å². The molecule has 94 valence electrons. The van der Waals surface area contributed by atoms with Crippen LogP contribution in [0.2, 0.25) is 0 Å². The number of aromatic nitrogens is 1. The van der Waals surface area contributed by atoms with E-state index in [0.717, 1.165) is 12.8 Å². The Morgan fingerprint density at radius 1 is 1.47 bits per heavy atom. The van der Waals surface area contributed by atoms with Crippen molar-refractivity contribution in [1.82, 2.24) is 9.29 Å². The Bertz CT molecular complexity index is 461. The van der Waals surface area contributed by atoms with Crippen LogP contribution in [-0.2, 0) is 15.8 Å². The molecule has 2 rings (SSSR count). The van der Waals surface area contributed by atoms with Gasteiger partial charge in [-0.25, -0.2) is 12.7 Å². The first-order valence-corrected chi connectivity index (χ1v) is 7.32. The smallest absolute Gasteiger partial charge is 0.219 e. The standard InChI is InChI=1S/C11H17N3O2S/c12-10-4-3-7-14(8-10)17(15,16)9-11-5-1-2-6-13-11/h1-2,5-6,10H,3-4,7-9,12H2/t10-/m0/s1. The van der Waals surface area contributed by atoms with Crippen molar-refractivity contribution in [2.45, 2.75) is 24.6 Å². The van der Waals surface area contributed by atoms with Crippen LogP contribution in [0.25, 0.3) is 0 Å². The summed E-state index contributed by atoms with van der Waals surface area (Å²) in [5.41, 5.74) is 6.37. The van der Waals surface area contributed by atoms with Gasteiger partial charge in [0.15, 0.2) is 0 Å². The molecule has 0 aliphatic carbocycles. The summed E-state index contributed by atoms with van der Waals surface area (Å²) in [5.74, 6) is -0.0411. The molecule has 17 heavy (non-hydrogen) atoms. The minimum Gasteiger partial charge on any atom is -0.327 e. The fourth-order valence-corrected chi connectivity index (χ4v) is 3.54. The number of sulfonamides is 1. The summed E-state index contributed by atoms with van der Waals surface area (Å²) in [5, 5.41) is 0. The molecule has 0 amide bonds. The molecule has 0 spiro atoms. The molecule has 2 N–H and O–H groups in total. The maximum Gasteiger partial charge on any atom is 0.219 e. The van der Waals surface area contributed by atoms with E-state index in [9.17, 15) is 8.42 Å². The lowest BCUT2D eigenvalue weighted by Crippen LogP contribution is -2.46. The Morgan fingerprint density at radius 2 is 2.29 bits per heavy atom. The first kappa shape index (κ1) is 12.5. The minimum atomic E-state index is -3.28. The normalized spacial score (nSPS) is 22.5. The molecule has 0 bridgehead atoms. The Labute approximate surface area is 102 Å². The summed E-state index contributed by atoms with van der Waals surface area (Å²) in [7, 11) is -3.28.